The van der Waals surface area contributed by atoms with Crippen molar-refractivity contribution in [2.75, 3.05) is 7.11 Å². The highest BCUT2D eigenvalue weighted by Crippen LogP contribution is 2.29. The third-order valence-corrected chi connectivity index (χ3v) is 2.61. The van der Waals surface area contributed by atoms with Crippen LogP contribution in [0.4, 0.5) is 0 Å². The molecule has 1 aliphatic carbocycles. The van der Waals surface area contributed by atoms with E-state index in [1.807, 2.05) is 0 Å². The van der Waals surface area contributed by atoms with E-state index in [0.29, 0.717) is 0 Å². The van der Waals surface area contributed by atoms with Crippen molar-refractivity contribution >= 4 is 11.8 Å². The summed E-state index contributed by atoms with van der Waals surface area (Å²) in [5, 5.41) is 0. The Balaban J connectivity index is 1.96. The molecule has 1 aliphatic heterocycles. The number of imide groups is 1. The number of rotatable bonds is 2. The van der Waals surface area contributed by atoms with Crippen LogP contribution in [0.25, 0.3) is 0 Å². The molecule has 0 saturated heterocycles. The quantitative estimate of drug-likeness (QED) is 0.567. The molecule has 0 aromatic carbocycles. The van der Waals surface area contributed by atoms with Crippen LogP contribution in [0.15, 0.2) is 12.2 Å². The van der Waals surface area contributed by atoms with Crippen LogP contribution in [0.5, 0.6) is 0 Å². The van der Waals surface area contributed by atoms with E-state index in [0.717, 1.165) is 12.8 Å². The largest absolute Gasteiger partial charge is 0.381 e. The van der Waals surface area contributed by atoms with Gasteiger partial charge in [0.25, 0.3) is 11.8 Å². The Kier molecular flexibility index (Phi) is 1.92. The number of methoxy groups -OCH3 is 1. The fourth-order valence-corrected chi connectivity index (χ4v) is 1.71. The van der Waals surface area contributed by atoms with Crippen molar-refractivity contribution in [1.29, 1.82) is 0 Å². The highest BCUT2D eigenvalue weighted by molar-refractivity contribution is 6.13. The van der Waals surface area contributed by atoms with Crippen molar-refractivity contribution in [2.24, 2.45) is 0 Å². The van der Waals surface area contributed by atoms with E-state index in [9.17, 15) is 9.59 Å². The summed E-state index contributed by atoms with van der Waals surface area (Å²) in [6.07, 6.45) is 4.40. The Hall–Kier alpha value is -1.16. The summed E-state index contributed by atoms with van der Waals surface area (Å²) < 4.78 is 5.08. The number of ether oxygens (including phenoxy) is 1. The minimum Gasteiger partial charge on any atom is -0.381 e. The molecule has 13 heavy (non-hydrogen) atoms. The molecule has 70 valence electrons. The summed E-state index contributed by atoms with van der Waals surface area (Å²) in [5.74, 6) is -0.380. The summed E-state index contributed by atoms with van der Waals surface area (Å²) in [5.41, 5.74) is 0. The second kappa shape index (κ2) is 2.96. The van der Waals surface area contributed by atoms with Gasteiger partial charge >= 0.3 is 0 Å². The Bertz CT molecular complexity index is 261. The number of hydrogen-bond acceptors (Lipinski definition) is 3. The van der Waals surface area contributed by atoms with Gasteiger partial charge in [-0.3, -0.25) is 14.5 Å². The van der Waals surface area contributed by atoms with E-state index in [1.165, 1.54) is 17.1 Å². The fraction of sp³-hybridized carbons (Fsp3) is 0.556. The maximum atomic E-state index is 11.2. The van der Waals surface area contributed by atoms with Gasteiger partial charge in [-0.25, -0.2) is 0 Å². The van der Waals surface area contributed by atoms with E-state index in [4.69, 9.17) is 4.74 Å². The molecule has 0 unspecified atom stereocenters. The van der Waals surface area contributed by atoms with Crippen molar-refractivity contribution < 1.29 is 14.3 Å². The Morgan fingerprint density at radius 1 is 1.31 bits per heavy atom. The van der Waals surface area contributed by atoms with Gasteiger partial charge in [0.05, 0.1) is 6.10 Å². The zero-order valence-electron chi connectivity index (χ0n) is 7.40. The van der Waals surface area contributed by atoms with Crippen LogP contribution in [-0.4, -0.2) is 36.0 Å². The van der Waals surface area contributed by atoms with Gasteiger partial charge in [0.15, 0.2) is 0 Å². The summed E-state index contributed by atoms with van der Waals surface area (Å²) in [7, 11) is 1.65. The van der Waals surface area contributed by atoms with Gasteiger partial charge in [-0.05, 0) is 12.8 Å². The first kappa shape index (κ1) is 8.44. The first-order chi connectivity index (χ1) is 6.22. The lowest BCUT2D eigenvalue weighted by atomic mass is 9.88. The van der Waals surface area contributed by atoms with Crippen LogP contribution in [0.2, 0.25) is 0 Å². The van der Waals surface area contributed by atoms with Crippen molar-refractivity contribution in [1.82, 2.24) is 4.90 Å². The van der Waals surface area contributed by atoms with E-state index in [2.05, 4.69) is 0 Å². The van der Waals surface area contributed by atoms with Crippen LogP contribution in [-0.2, 0) is 14.3 Å². The number of amides is 2. The lowest BCUT2D eigenvalue weighted by Crippen LogP contribution is -2.50. The monoisotopic (exact) mass is 181 g/mol. The second-order valence-corrected chi connectivity index (χ2v) is 3.36. The predicted octanol–water partition coefficient (Wildman–Crippen LogP) is 0.0888. The van der Waals surface area contributed by atoms with Crippen molar-refractivity contribution in [3.63, 3.8) is 0 Å². The maximum absolute atomic E-state index is 11.2. The average Bonchev–Trinajstić information content (AvgIpc) is 2.33. The van der Waals surface area contributed by atoms with E-state index in [-0.39, 0.29) is 24.0 Å². The third kappa shape index (κ3) is 1.27. The molecule has 2 aliphatic rings. The van der Waals surface area contributed by atoms with E-state index < -0.39 is 0 Å². The smallest absolute Gasteiger partial charge is 0.253 e. The number of carbonyl (C=O) groups is 2. The molecule has 0 N–H and O–H groups in total. The molecular formula is C9H11NO3. The predicted molar refractivity (Wildman–Crippen MR) is 44.8 cm³/mol. The normalized spacial score (nSPS) is 32.5. The van der Waals surface area contributed by atoms with Gasteiger partial charge in [-0.15, -0.1) is 0 Å². The second-order valence-electron chi connectivity index (χ2n) is 3.36. The first-order valence-electron chi connectivity index (χ1n) is 4.30. The molecule has 1 fully saturated rings. The molecule has 0 aromatic rings. The van der Waals surface area contributed by atoms with E-state index >= 15 is 0 Å². The van der Waals surface area contributed by atoms with Gasteiger partial charge in [-0.2, -0.15) is 0 Å². The molecule has 0 aromatic heterocycles. The van der Waals surface area contributed by atoms with Crippen molar-refractivity contribution in [3.05, 3.63) is 12.2 Å². The lowest BCUT2D eigenvalue weighted by molar-refractivity contribution is -0.144. The van der Waals surface area contributed by atoms with Gasteiger partial charge in [0.2, 0.25) is 0 Å². The third-order valence-electron chi connectivity index (χ3n) is 2.61. The molecular weight excluding hydrogens is 170 g/mol. The molecule has 2 amide bonds. The highest BCUT2D eigenvalue weighted by Gasteiger charge is 2.39. The number of hydrogen-bond donors (Lipinski definition) is 0. The summed E-state index contributed by atoms with van der Waals surface area (Å²) in [4.78, 5) is 23.7. The van der Waals surface area contributed by atoms with Crippen LogP contribution in [0, 0.1) is 0 Å². The van der Waals surface area contributed by atoms with Crippen LogP contribution < -0.4 is 0 Å². The zero-order valence-corrected chi connectivity index (χ0v) is 7.40. The maximum Gasteiger partial charge on any atom is 0.253 e. The molecule has 0 radical (unpaired) electrons. The molecule has 0 spiro atoms. The Morgan fingerprint density at radius 3 is 2.31 bits per heavy atom. The van der Waals surface area contributed by atoms with Crippen LogP contribution in [0.3, 0.4) is 0 Å². The summed E-state index contributed by atoms with van der Waals surface area (Å²) in [6, 6.07) is 0.0555. The minimum absolute atomic E-state index is 0.0555. The van der Waals surface area contributed by atoms with Gasteiger partial charge in [0, 0.05) is 25.3 Å². The molecule has 0 atom stereocenters. The van der Waals surface area contributed by atoms with Gasteiger partial charge in [-0.1, -0.05) is 0 Å². The van der Waals surface area contributed by atoms with Gasteiger partial charge in [0.1, 0.15) is 0 Å². The lowest BCUT2D eigenvalue weighted by Gasteiger charge is -2.38. The zero-order chi connectivity index (χ0) is 9.42. The minimum atomic E-state index is -0.190. The molecule has 4 heteroatoms. The topological polar surface area (TPSA) is 46.6 Å². The molecule has 1 heterocycles. The van der Waals surface area contributed by atoms with E-state index in [1.54, 1.807) is 7.11 Å². The highest BCUT2D eigenvalue weighted by atomic mass is 16.5. The molecule has 2 rings (SSSR count). The Morgan fingerprint density at radius 2 is 1.85 bits per heavy atom. The first-order valence-corrected chi connectivity index (χ1v) is 4.30. The standard InChI is InChI=1S/C9H11NO3/c1-13-7-4-6(5-7)10-8(11)2-3-9(10)12/h2-3,6-7H,4-5H2,1H3. The number of nitrogens with zero attached hydrogens (tertiary/aromatic N) is 1. The van der Waals surface area contributed by atoms with Crippen LogP contribution >= 0.6 is 0 Å². The van der Waals surface area contributed by atoms with Crippen molar-refractivity contribution in [2.45, 2.75) is 25.0 Å². The van der Waals surface area contributed by atoms with Crippen molar-refractivity contribution in [3.8, 4) is 0 Å². The fourth-order valence-electron chi connectivity index (χ4n) is 1.71. The molecule has 0 bridgehead atoms. The Labute approximate surface area is 76.2 Å². The SMILES string of the molecule is COC1CC(N2C(=O)C=CC2=O)C1. The number of carbonyl (C=O) groups excluding carboxylic acids is 2. The van der Waals surface area contributed by atoms with Gasteiger partial charge < -0.3 is 4.74 Å². The summed E-state index contributed by atoms with van der Waals surface area (Å²) >= 11 is 0. The van der Waals surface area contributed by atoms with Crippen LogP contribution in [0.1, 0.15) is 12.8 Å². The summed E-state index contributed by atoms with van der Waals surface area (Å²) in [6.45, 7) is 0. The average molecular weight is 181 g/mol. The molecule has 1 saturated carbocycles. The molecule has 4 nitrogen and oxygen atoms in total.